The molecule has 10 rings (SSSR count). The van der Waals surface area contributed by atoms with Crippen LogP contribution in [0.25, 0.3) is 22.3 Å². The van der Waals surface area contributed by atoms with E-state index in [0.717, 1.165) is 23.7 Å². The van der Waals surface area contributed by atoms with E-state index < -0.39 is 0 Å². The summed E-state index contributed by atoms with van der Waals surface area (Å²) in [5.74, 6) is 3.44. The van der Waals surface area contributed by atoms with E-state index in [4.69, 9.17) is 0 Å². The van der Waals surface area contributed by atoms with Gasteiger partial charge in [0.15, 0.2) is 0 Å². The van der Waals surface area contributed by atoms with Crippen molar-refractivity contribution in [1.82, 2.24) is 0 Å². The summed E-state index contributed by atoms with van der Waals surface area (Å²) in [6, 6.07) is 47.5. The predicted molar refractivity (Wildman–Crippen MR) is 170 cm³/mol. The Morgan fingerprint density at radius 3 is 1.73 bits per heavy atom. The molecule has 0 heterocycles. The second-order valence-corrected chi connectivity index (χ2v) is 13.0. The van der Waals surface area contributed by atoms with Gasteiger partial charge in [0.2, 0.25) is 0 Å². The maximum Gasteiger partial charge on any atom is 0.0543 e. The van der Waals surface area contributed by atoms with Gasteiger partial charge in [0.1, 0.15) is 0 Å². The fourth-order valence-electron chi connectivity index (χ4n) is 9.81. The van der Waals surface area contributed by atoms with Gasteiger partial charge in [0.05, 0.1) is 5.69 Å². The molecule has 0 atom stereocenters. The quantitative estimate of drug-likeness (QED) is 0.224. The van der Waals surface area contributed by atoms with Crippen LogP contribution in [0.1, 0.15) is 43.2 Å². The van der Waals surface area contributed by atoms with Gasteiger partial charge in [0, 0.05) is 22.4 Å². The molecule has 4 bridgehead atoms. The van der Waals surface area contributed by atoms with Gasteiger partial charge in [-0.15, -0.1) is 0 Å². The number of para-hydroxylation sites is 1. The topological polar surface area (TPSA) is 3.24 Å². The highest BCUT2D eigenvalue weighted by Crippen LogP contribution is 2.70. The number of benzene rings is 5. The van der Waals surface area contributed by atoms with Crippen LogP contribution >= 0.6 is 0 Å². The highest BCUT2D eigenvalue weighted by atomic mass is 15.1. The second-order valence-electron chi connectivity index (χ2n) is 13.0. The van der Waals surface area contributed by atoms with Crippen molar-refractivity contribution in [2.75, 3.05) is 4.90 Å². The first-order valence-electron chi connectivity index (χ1n) is 15.5. The van der Waals surface area contributed by atoms with Crippen LogP contribution < -0.4 is 4.90 Å². The summed E-state index contributed by atoms with van der Waals surface area (Å²) in [4.78, 5) is 2.50. The minimum atomic E-state index is 0.175. The second kappa shape index (κ2) is 8.95. The predicted octanol–water partition coefficient (Wildman–Crippen LogP) is 10.5. The molecule has 5 aliphatic carbocycles. The van der Waals surface area contributed by atoms with Gasteiger partial charge < -0.3 is 4.90 Å². The zero-order valence-electron chi connectivity index (χ0n) is 23.4. The molecule has 1 nitrogen and oxygen atoms in total. The van der Waals surface area contributed by atoms with Crippen LogP contribution in [-0.4, -0.2) is 0 Å². The molecular weight excluding hydrogens is 494 g/mol. The SMILES string of the molecule is c1ccc(-c2ccc(N(c3ccccc3)c3cccc4c3-c3ccccc3C43C4CC5CC(C4)CC3C5)cc2)cc1. The van der Waals surface area contributed by atoms with E-state index in [2.05, 4.69) is 132 Å². The minimum Gasteiger partial charge on any atom is -0.310 e. The van der Waals surface area contributed by atoms with E-state index in [0.29, 0.717) is 0 Å². The summed E-state index contributed by atoms with van der Waals surface area (Å²) in [6.45, 7) is 0. The Morgan fingerprint density at radius 2 is 1.02 bits per heavy atom. The molecule has 0 amide bonds. The number of fused-ring (bicyclic) bond motifs is 3. The molecule has 200 valence electrons. The molecule has 0 aromatic heterocycles. The molecule has 41 heavy (non-hydrogen) atoms. The molecule has 1 spiro atoms. The van der Waals surface area contributed by atoms with Crippen LogP contribution in [0.15, 0.2) is 127 Å². The Labute approximate surface area is 243 Å². The van der Waals surface area contributed by atoms with E-state index >= 15 is 0 Å². The third-order valence-electron chi connectivity index (χ3n) is 11.0. The van der Waals surface area contributed by atoms with Crippen LogP contribution in [0, 0.1) is 23.7 Å². The third kappa shape index (κ3) is 3.35. The number of rotatable bonds is 4. The molecule has 0 radical (unpaired) electrons. The first-order chi connectivity index (χ1) is 20.3. The molecular formula is C40H35N. The Kier molecular flexibility index (Phi) is 5.15. The molecule has 4 fully saturated rings. The van der Waals surface area contributed by atoms with Gasteiger partial charge >= 0.3 is 0 Å². The van der Waals surface area contributed by atoms with Crippen molar-refractivity contribution in [3.05, 3.63) is 139 Å². The summed E-state index contributed by atoms with van der Waals surface area (Å²) in [5, 5.41) is 0. The summed E-state index contributed by atoms with van der Waals surface area (Å²) in [7, 11) is 0. The molecule has 0 N–H and O–H groups in total. The zero-order valence-corrected chi connectivity index (χ0v) is 23.4. The highest BCUT2D eigenvalue weighted by Gasteiger charge is 2.61. The summed E-state index contributed by atoms with van der Waals surface area (Å²) in [6.07, 6.45) is 7.13. The van der Waals surface area contributed by atoms with E-state index in [1.165, 1.54) is 71.4 Å². The third-order valence-corrected chi connectivity index (χ3v) is 11.0. The fraction of sp³-hybridized carbons (Fsp3) is 0.250. The van der Waals surface area contributed by atoms with Crippen LogP contribution in [0.4, 0.5) is 17.1 Å². The lowest BCUT2D eigenvalue weighted by molar-refractivity contribution is -0.0399. The number of hydrogen-bond donors (Lipinski definition) is 0. The van der Waals surface area contributed by atoms with Gasteiger partial charge in [-0.3, -0.25) is 0 Å². The average molecular weight is 530 g/mol. The molecule has 4 saturated carbocycles. The Hall–Kier alpha value is -4.10. The maximum absolute atomic E-state index is 2.50. The molecule has 5 aromatic carbocycles. The normalized spacial score (nSPS) is 26.6. The van der Waals surface area contributed by atoms with Crippen molar-refractivity contribution in [1.29, 1.82) is 0 Å². The van der Waals surface area contributed by atoms with Crippen molar-refractivity contribution in [2.45, 2.75) is 37.5 Å². The Morgan fingerprint density at radius 1 is 0.463 bits per heavy atom. The number of nitrogens with zero attached hydrogens (tertiary/aromatic N) is 1. The Bertz CT molecular complexity index is 1710. The van der Waals surface area contributed by atoms with Gasteiger partial charge in [-0.2, -0.15) is 0 Å². The lowest BCUT2D eigenvalue weighted by Crippen LogP contribution is -2.55. The van der Waals surface area contributed by atoms with E-state index in [1.54, 1.807) is 11.1 Å². The van der Waals surface area contributed by atoms with E-state index in [1.807, 2.05) is 0 Å². The van der Waals surface area contributed by atoms with Crippen molar-refractivity contribution >= 4 is 17.1 Å². The van der Waals surface area contributed by atoms with Gasteiger partial charge in [-0.25, -0.2) is 0 Å². The van der Waals surface area contributed by atoms with Crippen LogP contribution in [0.2, 0.25) is 0 Å². The monoisotopic (exact) mass is 529 g/mol. The molecule has 5 aromatic rings. The maximum atomic E-state index is 2.50. The first-order valence-corrected chi connectivity index (χ1v) is 15.5. The lowest BCUT2D eigenvalue weighted by Gasteiger charge is -2.61. The van der Waals surface area contributed by atoms with Gasteiger partial charge in [-0.05, 0) is 114 Å². The molecule has 0 unspecified atom stereocenters. The van der Waals surface area contributed by atoms with Crippen LogP contribution in [0.5, 0.6) is 0 Å². The summed E-state index contributed by atoms with van der Waals surface area (Å²) < 4.78 is 0. The standard InChI is InChI=1S/C40H35N/c1-3-10-29(11-4-1)30-18-20-34(21-19-30)41(33-12-5-2-6-13-33)38-17-9-16-37-39(38)35-14-7-8-15-36(35)40(37)31-23-27-22-28(25-31)26-32(40)24-27/h1-21,27-28,31-32H,22-26H2. The molecule has 0 saturated heterocycles. The fourth-order valence-corrected chi connectivity index (χ4v) is 9.81. The van der Waals surface area contributed by atoms with Gasteiger partial charge in [-0.1, -0.05) is 97.1 Å². The number of hydrogen-bond acceptors (Lipinski definition) is 1. The van der Waals surface area contributed by atoms with E-state index in [9.17, 15) is 0 Å². The van der Waals surface area contributed by atoms with Crippen molar-refractivity contribution in [2.24, 2.45) is 23.7 Å². The minimum absolute atomic E-state index is 0.175. The van der Waals surface area contributed by atoms with Crippen LogP contribution in [-0.2, 0) is 5.41 Å². The molecule has 1 heteroatoms. The summed E-state index contributed by atoms with van der Waals surface area (Å²) >= 11 is 0. The highest BCUT2D eigenvalue weighted by molar-refractivity contribution is 5.95. The van der Waals surface area contributed by atoms with Crippen molar-refractivity contribution < 1.29 is 0 Å². The molecule has 0 aliphatic heterocycles. The average Bonchev–Trinajstić information content (AvgIpc) is 3.33. The van der Waals surface area contributed by atoms with Crippen molar-refractivity contribution in [3.8, 4) is 22.3 Å². The first kappa shape index (κ1) is 23.6. The largest absolute Gasteiger partial charge is 0.310 e. The van der Waals surface area contributed by atoms with Gasteiger partial charge in [0.25, 0.3) is 0 Å². The smallest absolute Gasteiger partial charge is 0.0543 e. The van der Waals surface area contributed by atoms with Crippen LogP contribution in [0.3, 0.4) is 0 Å². The zero-order chi connectivity index (χ0) is 27.0. The van der Waals surface area contributed by atoms with Crippen molar-refractivity contribution in [3.63, 3.8) is 0 Å². The number of anilines is 3. The molecule has 5 aliphatic rings. The Balaban J connectivity index is 1.25. The lowest BCUT2D eigenvalue weighted by atomic mass is 9.43. The summed E-state index contributed by atoms with van der Waals surface area (Å²) in [5.41, 5.74) is 12.5. The van der Waals surface area contributed by atoms with E-state index in [-0.39, 0.29) is 5.41 Å².